The monoisotopic (exact) mass is 214 g/mol. The molecule has 0 saturated carbocycles. The zero-order valence-electron chi connectivity index (χ0n) is 9.02. The Kier molecular flexibility index (Phi) is 2.29. The van der Waals surface area contributed by atoms with E-state index in [1.54, 1.807) is 0 Å². The molecule has 82 valence electrons. The molecule has 0 aromatic heterocycles. The average Bonchev–Trinajstić information content (AvgIpc) is 2.52. The van der Waals surface area contributed by atoms with Crippen LogP contribution >= 0.6 is 0 Å². The normalized spacial score (nSPS) is 19.9. The van der Waals surface area contributed by atoms with E-state index in [2.05, 4.69) is 6.07 Å². The van der Waals surface area contributed by atoms with Crippen LogP contribution in [0.3, 0.4) is 0 Å². The van der Waals surface area contributed by atoms with Crippen molar-refractivity contribution in [3.05, 3.63) is 42.0 Å². The maximum atomic E-state index is 10.0. The van der Waals surface area contributed by atoms with Crippen LogP contribution in [0.5, 0.6) is 5.75 Å². The van der Waals surface area contributed by atoms with Crippen LogP contribution in [0.25, 0.3) is 10.8 Å². The molecular weight excluding hydrogens is 200 g/mol. The molecular formula is C14H14O2. The second-order valence-corrected chi connectivity index (χ2v) is 4.21. The number of aliphatic hydroxyl groups is 1. The molecule has 3 rings (SSSR count). The van der Waals surface area contributed by atoms with Gasteiger partial charge in [0, 0.05) is 10.9 Å². The van der Waals surface area contributed by atoms with Crippen LogP contribution in [0, 0.1) is 0 Å². The molecule has 1 heterocycles. The quantitative estimate of drug-likeness (QED) is 0.730. The highest BCUT2D eigenvalue weighted by atomic mass is 16.5. The van der Waals surface area contributed by atoms with Crippen molar-refractivity contribution in [3.63, 3.8) is 0 Å². The summed E-state index contributed by atoms with van der Waals surface area (Å²) in [6, 6.07) is 12.2. The number of hydrogen-bond acceptors (Lipinski definition) is 2. The van der Waals surface area contributed by atoms with E-state index in [1.807, 2.05) is 30.3 Å². The number of fused-ring (bicyclic) bond motifs is 3. The van der Waals surface area contributed by atoms with Crippen molar-refractivity contribution in [1.29, 1.82) is 0 Å². The maximum absolute atomic E-state index is 10.0. The molecule has 0 fully saturated rings. The fourth-order valence-electron chi connectivity index (χ4n) is 2.29. The van der Waals surface area contributed by atoms with Gasteiger partial charge in [0.05, 0.1) is 12.7 Å². The van der Waals surface area contributed by atoms with Gasteiger partial charge in [-0.15, -0.1) is 0 Å². The zero-order chi connectivity index (χ0) is 11.0. The molecule has 1 aliphatic rings. The van der Waals surface area contributed by atoms with Gasteiger partial charge in [-0.2, -0.15) is 0 Å². The smallest absolute Gasteiger partial charge is 0.132 e. The van der Waals surface area contributed by atoms with Gasteiger partial charge in [-0.3, -0.25) is 0 Å². The maximum Gasteiger partial charge on any atom is 0.132 e. The molecule has 0 radical (unpaired) electrons. The minimum absolute atomic E-state index is 0.387. The van der Waals surface area contributed by atoms with Crippen LogP contribution in [0.15, 0.2) is 36.4 Å². The lowest BCUT2D eigenvalue weighted by atomic mass is 10.0. The summed E-state index contributed by atoms with van der Waals surface area (Å²) in [6.45, 7) is 0.693. The van der Waals surface area contributed by atoms with Crippen molar-refractivity contribution in [2.75, 3.05) is 6.61 Å². The fourth-order valence-corrected chi connectivity index (χ4v) is 2.29. The Hall–Kier alpha value is -1.54. The molecule has 0 saturated heterocycles. The van der Waals surface area contributed by atoms with Gasteiger partial charge in [0.15, 0.2) is 0 Å². The molecule has 2 aromatic carbocycles. The summed E-state index contributed by atoms with van der Waals surface area (Å²) in [6.07, 6.45) is 1.30. The van der Waals surface area contributed by atoms with E-state index in [-0.39, 0.29) is 6.10 Å². The second-order valence-electron chi connectivity index (χ2n) is 4.21. The van der Waals surface area contributed by atoms with E-state index in [1.165, 1.54) is 0 Å². The van der Waals surface area contributed by atoms with Gasteiger partial charge in [-0.1, -0.05) is 36.4 Å². The molecule has 16 heavy (non-hydrogen) atoms. The van der Waals surface area contributed by atoms with Crippen molar-refractivity contribution in [3.8, 4) is 5.75 Å². The van der Waals surface area contributed by atoms with Gasteiger partial charge in [0.25, 0.3) is 0 Å². The van der Waals surface area contributed by atoms with E-state index in [4.69, 9.17) is 4.74 Å². The largest absolute Gasteiger partial charge is 0.493 e. The molecule has 2 nitrogen and oxygen atoms in total. The first-order valence-electron chi connectivity index (χ1n) is 5.69. The number of ether oxygens (including phenoxy) is 1. The summed E-state index contributed by atoms with van der Waals surface area (Å²) >= 11 is 0. The predicted octanol–water partition coefficient (Wildman–Crippen LogP) is 3.05. The lowest BCUT2D eigenvalue weighted by Gasteiger charge is -2.13. The third-order valence-corrected chi connectivity index (χ3v) is 3.14. The van der Waals surface area contributed by atoms with Crippen LogP contribution < -0.4 is 4.74 Å². The second kappa shape index (κ2) is 3.80. The van der Waals surface area contributed by atoms with Crippen molar-refractivity contribution in [1.82, 2.24) is 0 Å². The molecule has 1 aliphatic heterocycles. The van der Waals surface area contributed by atoms with E-state index < -0.39 is 0 Å². The molecule has 1 atom stereocenters. The van der Waals surface area contributed by atoms with Gasteiger partial charge in [0.1, 0.15) is 5.75 Å². The van der Waals surface area contributed by atoms with Gasteiger partial charge in [-0.05, 0) is 18.2 Å². The predicted molar refractivity (Wildman–Crippen MR) is 63.6 cm³/mol. The van der Waals surface area contributed by atoms with E-state index >= 15 is 0 Å². The first kappa shape index (κ1) is 9.67. The fraction of sp³-hybridized carbons (Fsp3) is 0.286. The van der Waals surface area contributed by atoms with Crippen molar-refractivity contribution < 1.29 is 9.84 Å². The highest BCUT2D eigenvalue weighted by Crippen LogP contribution is 2.37. The van der Waals surface area contributed by atoms with Crippen LogP contribution in [0.1, 0.15) is 24.5 Å². The first-order chi connectivity index (χ1) is 7.86. The Bertz CT molecular complexity index is 519. The molecule has 0 spiro atoms. The van der Waals surface area contributed by atoms with Gasteiger partial charge in [0.2, 0.25) is 0 Å². The summed E-state index contributed by atoms with van der Waals surface area (Å²) in [7, 11) is 0. The SMILES string of the molecule is O[C@@H]1CCCOc2c1ccc1ccccc21. The molecule has 2 aromatic rings. The Labute approximate surface area is 94.5 Å². The number of rotatable bonds is 0. The number of benzene rings is 2. The van der Waals surface area contributed by atoms with Gasteiger partial charge >= 0.3 is 0 Å². The van der Waals surface area contributed by atoms with Crippen molar-refractivity contribution in [2.24, 2.45) is 0 Å². The molecule has 1 N–H and O–H groups in total. The molecule has 0 aliphatic carbocycles. The third kappa shape index (κ3) is 1.46. The lowest BCUT2D eigenvalue weighted by molar-refractivity contribution is 0.167. The lowest BCUT2D eigenvalue weighted by Crippen LogP contribution is -1.97. The average molecular weight is 214 g/mol. The summed E-state index contributed by atoms with van der Waals surface area (Å²) in [4.78, 5) is 0. The van der Waals surface area contributed by atoms with Crippen molar-refractivity contribution in [2.45, 2.75) is 18.9 Å². The molecule has 0 amide bonds. The van der Waals surface area contributed by atoms with Crippen LogP contribution in [-0.4, -0.2) is 11.7 Å². The molecule has 0 bridgehead atoms. The van der Waals surface area contributed by atoms with Crippen LogP contribution in [0.2, 0.25) is 0 Å². The molecule has 2 heteroatoms. The first-order valence-corrected chi connectivity index (χ1v) is 5.69. The molecule has 0 unspecified atom stereocenters. The van der Waals surface area contributed by atoms with Crippen LogP contribution in [-0.2, 0) is 0 Å². The van der Waals surface area contributed by atoms with Gasteiger partial charge < -0.3 is 9.84 Å². The van der Waals surface area contributed by atoms with Crippen molar-refractivity contribution >= 4 is 10.8 Å². The summed E-state index contributed by atoms with van der Waals surface area (Å²) < 4.78 is 5.77. The number of hydrogen-bond donors (Lipinski definition) is 1. The number of aliphatic hydroxyl groups excluding tert-OH is 1. The Morgan fingerprint density at radius 1 is 1.12 bits per heavy atom. The summed E-state index contributed by atoms with van der Waals surface area (Å²) in [5.41, 5.74) is 0.927. The third-order valence-electron chi connectivity index (χ3n) is 3.14. The minimum Gasteiger partial charge on any atom is -0.493 e. The Morgan fingerprint density at radius 2 is 2.00 bits per heavy atom. The Morgan fingerprint density at radius 3 is 2.94 bits per heavy atom. The van der Waals surface area contributed by atoms with Gasteiger partial charge in [-0.25, -0.2) is 0 Å². The van der Waals surface area contributed by atoms with E-state index in [0.717, 1.165) is 34.9 Å². The standard InChI is InChI=1S/C14H14O2/c15-13-6-3-9-16-14-11-5-2-1-4-10(11)7-8-12(13)14/h1-2,4-5,7-8,13,15H,3,6,9H2/t13-/m1/s1. The highest BCUT2D eigenvalue weighted by molar-refractivity contribution is 5.89. The minimum atomic E-state index is -0.387. The van der Waals surface area contributed by atoms with Crippen LogP contribution in [0.4, 0.5) is 0 Å². The summed E-state index contributed by atoms with van der Waals surface area (Å²) in [5.74, 6) is 0.864. The topological polar surface area (TPSA) is 29.5 Å². The highest BCUT2D eigenvalue weighted by Gasteiger charge is 2.19. The van der Waals surface area contributed by atoms with E-state index in [0.29, 0.717) is 6.61 Å². The Balaban J connectivity index is 2.28. The zero-order valence-corrected chi connectivity index (χ0v) is 9.02. The summed E-state index contributed by atoms with van der Waals surface area (Å²) in [5, 5.41) is 12.3. The van der Waals surface area contributed by atoms with E-state index in [9.17, 15) is 5.11 Å².